The first-order valence-electron chi connectivity index (χ1n) is 12.9. The SMILES string of the molecule is CCOP(=O)(OCC)C(O)C(CCC(=O)Nc1ccccc1)NC(=O)C(CC1CCCCC1)NC(=O)O. The van der Waals surface area contributed by atoms with Crippen LogP contribution >= 0.6 is 7.60 Å². The zero-order valence-electron chi connectivity index (χ0n) is 21.6. The molecule has 0 bridgehead atoms. The third kappa shape index (κ3) is 10.4. The maximum atomic E-state index is 13.3. The Morgan fingerprint density at radius 1 is 1.03 bits per heavy atom. The van der Waals surface area contributed by atoms with Crippen LogP contribution < -0.4 is 16.0 Å². The van der Waals surface area contributed by atoms with Crippen LogP contribution in [0, 0.1) is 5.92 Å². The van der Waals surface area contributed by atoms with Crippen LogP contribution in [0.2, 0.25) is 0 Å². The smallest absolute Gasteiger partial charge is 0.405 e. The summed E-state index contributed by atoms with van der Waals surface area (Å²) in [5.41, 5.74) is 0.584. The largest absolute Gasteiger partial charge is 0.465 e. The number of para-hydroxylation sites is 1. The Morgan fingerprint density at radius 2 is 1.65 bits per heavy atom. The number of benzene rings is 1. The normalized spacial score (nSPS) is 16.8. The molecule has 5 N–H and O–H groups in total. The number of carbonyl (C=O) groups is 3. The Balaban J connectivity index is 2.18. The lowest BCUT2D eigenvalue weighted by atomic mass is 9.84. The van der Waals surface area contributed by atoms with Crippen molar-refractivity contribution in [2.75, 3.05) is 18.5 Å². The van der Waals surface area contributed by atoms with Gasteiger partial charge < -0.3 is 35.2 Å². The average Bonchev–Trinajstić information content (AvgIpc) is 2.87. The molecule has 0 radical (unpaired) electrons. The molecule has 3 unspecified atom stereocenters. The van der Waals surface area contributed by atoms with Crippen LogP contribution in [0.1, 0.15) is 65.2 Å². The van der Waals surface area contributed by atoms with E-state index in [2.05, 4.69) is 16.0 Å². The van der Waals surface area contributed by atoms with Gasteiger partial charge in [-0.1, -0.05) is 50.3 Å². The van der Waals surface area contributed by atoms with Gasteiger partial charge in [0.2, 0.25) is 11.8 Å². The average molecular weight is 542 g/mol. The fourth-order valence-corrected chi connectivity index (χ4v) is 6.28. The number of hydrogen-bond donors (Lipinski definition) is 5. The van der Waals surface area contributed by atoms with E-state index in [-0.39, 0.29) is 37.9 Å². The van der Waals surface area contributed by atoms with Gasteiger partial charge in [0.05, 0.1) is 19.3 Å². The standard InChI is InChI=1S/C25H40N3O8P/c1-3-35-37(34,36-4-2)24(31)20(15-16-22(29)26-19-13-9-6-10-14-19)27-23(30)21(28-25(32)33)17-18-11-7-5-8-12-18/h6,9-10,13-14,18,20-21,24,28,31H,3-5,7-8,11-12,15-17H2,1-2H3,(H,26,29)(H,27,30)(H,32,33). The number of nitrogens with one attached hydrogen (secondary N) is 3. The fourth-order valence-electron chi connectivity index (χ4n) is 4.52. The summed E-state index contributed by atoms with van der Waals surface area (Å²) in [6.45, 7) is 3.18. The first-order valence-corrected chi connectivity index (χ1v) is 14.5. The van der Waals surface area contributed by atoms with Crippen LogP contribution in [0.15, 0.2) is 30.3 Å². The van der Waals surface area contributed by atoms with Gasteiger partial charge >= 0.3 is 13.7 Å². The molecule has 1 aromatic carbocycles. The van der Waals surface area contributed by atoms with Crippen LogP contribution in [0.3, 0.4) is 0 Å². The van der Waals surface area contributed by atoms with Crippen molar-refractivity contribution in [3.05, 3.63) is 30.3 Å². The van der Waals surface area contributed by atoms with E-state index in [1.807, 2.05) is 6.07 Å². The van der Waals surface area contributed by atoms with E-state index in [1.165, 1.54) is 0 Å². The number of rotatable bonds is 15. The maximum absolute atomic E-state index is 13.3. The third-order valence-electron chi connectivity index (χ3n) is 6.28. The monoisotopic (exact) mass is 541 g/mol. The molecule has 0 aliphatic heterocycles. The number of hydrogen-bond acceptors (Lipinski definition) is 7. The minimum atomic E-state index is -4.07. The Labute approximate surface area is 218 Å². The molecule has 0 aromatic heterocycles. The molecule has 1 aromatic rings. The van der Waals surface area contributed by atoms with E-state index >= 15 is 0 Å². The molecule has 1 fully saturated rings. The highest BCUT2D eigenvalue weighted by Gasteiger charge is 2.41. The predicted molar refractivity (Wildman–Crippen MR) is 139 cm³/mol. The van der Waals surface area contributed by atoms with Gasteiger partial charge in [-0.3, -0.25) is 14.2 Å². The van der Waals surface area contributed by atoms with Crippen molar-refractivity contribution < 1.29 is 38.2 Å². The van der Waals surface area contributed by atoms with Crippen molar-refractivity contribution in [2.45, 2.75) is 83.1 Å². The van der Waals surface area contributed by atoms with Crippen LogP contribution in [0.5, 0.6) is 0 Å². The van der Waals surface area contributed by atoms with E-state index in [0.29, 0.717) is 12.1 Å². The van der Waals surface area contributed by atoms with E-state index < -0.39 is 37.5 Å². The quantitative estimate of drug-likeness (QED) is 0.207. The van der Waals surface area contributed by atoms with Crippen molar-refractivity contribution in [3.8, 4) is 0 Å². The summed E-state index contributed by atoms with van der Waals surface area (Å²) in [5.74, 6) is -2.61. The lowest BCUT2D eigenvalue weighted by molar-refractivity contribution is -0.125. The van der Waals surface area contributed by atoms with Crippen molar-refractivity contribution in [3.63, 3.8) is 0 Å². The third-order valence-corrected chi connectivity index (χ3v) is 8.52. The fraction of sp³-hybridized carbons (Fsp3) is 0.640. The molecule has 1 saturated carbocycles. The highest BCUT2D eigenvalue weighted by atomic mass is 31.2. The highest BCUT2D eigenvalue weighted by Crippen LogP contribution is 2.53. The summed E-state index contributed by atoms with van der Waals surface area (Å²) in [6.07, 6.45) is 3.73. The first-order chi connectivity index (χ1) is 17.7. The second-order valence-corrected chi connectivity index (χ2v) is 11.2. The molecule has 0 spiro atoms. The van der Waals surface area contributed by atoms with E-state index in [0.717, 1.165) is 32.1 Å². The van der Waals surface area contributed by atoms with Gasteiger partial charge in [-0.2, -0.15) is 0 Å². The van der Waals surface area contributed by atoms with Gasteiger partial charge in [0.15, 0.2) is 5.85 Å². The van der Waals surface area contributed by atoms with E-state index in [1.54, 1.807) is 38.1 Å². The molecule has 37 heavy (non-hydrogen) atoms. The van der Waals surface area contributed by atoms with Gasteiger partial charge in [0.25, 0.3) is 0 Å². The Morgan fingerprint density at radius 3 is 2.22 bits per heavy atom. The maximum Gasteiger partial charge on any atom is 0.405 e. The van der Waals surface area contributed by atoms with Gasteiger partial charge in [-0.05, 0) is 44.7 Å². The molecule has 3 amide bonds. The summed E-state index contributed by atoms with van der Waals surface area (Å²) in [7, 11) is -4.07. The lowest BCUT2D eigenvalue weighted by Gasteiger charge is -2.31. The summed E-state index contributed by atoms with van der Waals surface area (Å²) >= 11 is 0. The zero-order chi connectivity index (χ0) is 27.3. The van der Waals surface area contributed by atoms with Crippen molar-refractivity contribution in [2.24, 2.45) is 5.92 Å². The second-order valence-electron chi connectivity index (χ2n) is 9.10. The zero-order valence-corrected chi connectivity index (χ0v) is 22.5. The highest BCUT2D eigenvalue weighted by molar-refractivity contribution is 7.54. The molecule has 2 rings (SSSR count). The van der Waals surface area contributed by atoms with E-state index in [4.69, 9.17) is 9.05 Å². The summed E-state index contributed by atoms with van der Waals surface area (Å²) in [5, 5.41) is 28.0. The molecule has 0 saturated heterocycles. The molecule has 208 valence electrons. The van der Waals surface area contributed by atoms with Gasteiger partial charge in [0.1, 0.15) is 6.04 Å². The number of amides is 3. The van der Waals surface area contributed by atoms with Gasteiger partial charge in [0, 0.05) is 12.1 Å². The van der Waals surface area contributed by atoms with Crippen molar-refractivity contribution in [1.29, 1.82) is 0 Å². The molecular weight excluding hydrogens is 501 g/mol. The minimum absolute atomic E-state index is 0.00558. The molecule has 12 heteroatoms. The molecule has 3 atom stereocenters. The lowest BCUT2D eigenvalue weighted by Crippen LogP contribution is -2.53. The van der Waals surface area contributed by atoms with Gasteiger partial charge in [-0.15, -0.1) is 0 Å². The first kappa shape index (κ1) is 30.8. The Hall–Kier alpha value is -2.46. The van der Waals surface area contributed by atoms with E-state index in [9.17, 15) is 29.2 Å². The Kier molecular flexibility index (Phi) is 13.1. The number of carbonyl (C=O) groups excluding carboxylic acids is 2. The van der Waals surface area contributed by atoms with Crippen LogP contribution in [-0.2, 0) is 23.2 Å². The topological polar surface area (TPSA) is 163 Å². The molecule has 1 aliphatic rings. The van der Waals surface area contributed by atoms with Crippen LogP contribution in [0.4, 0.5) is 10.5 Å². The molecular formula is C25H40N3O8P. The van der Waals surface area contributed by atoms with Crippen molar-refractivity contribution in [1.82, 2.24) is 10.6 Å². The summed E-state index contributed by atoms with van der Waals surface area (Å²) < 4.78 is 23.8. The van der Waals surface area contributed by atoms with Crippen molar-refractivity contribution >= 4 is 31.2 Å². The number of carboxylic acid groups (broad SMARTS) is 1. The minimum Gasteiger partial charge on any atom is -0.465 e. The molecule has 1 aliphatic carbocycles. The predicted octanol–water partition coefficient (Wildman–Crippen LogP) is 4.08. The Bertz CT molecular complexity index is 900. The van der Waals surface area contributed by atoms with Crippen LogP contribution in [-0.4, -0.2) is 59.3 Å². The summed E-state index contributed by atoms with van der Waals surface area (Å²) in [6, 6.07) is 6.53. The second kappa shape index (κ2) is 15.7. The number of anilines is 1. The summed E-state index contributed by atoms with van der Waals surface area (Å²) in [4.78, 5) is 37.2. The molecule has 11 nitrogen and oxygen atoms in total. The van der Waals surface area contributed by atoms with Crippen LogP contribution in [0.25, 0.3) is 0 Å². The van der Waals surface area contributed by atoms with Gasteiger partial charge in [-0.25, -0.2) is 4.79 Å². The molecule has 0 heterocycles. The number of aliphatic hydroxyl groups is 1. The number of aliphatic hydroxyl groups excluding tert-OH is 1.